The quantitative estimate of drug-likeness (QED) is 0.745. The van der Waals surface area contributed by atoms with Gasteiger partial charge in [-0.3, -0.25) is 0 Å². The van der Waals surface area contributed by atoms with Crippen LogP contribution in [0.15, 0.2) is 23.1 Å². The lowest BCUT2D eigenvalue weighted by atomic mass is 10.3. The second kappa shape index (κ2) is 5.55. The Labute approximate surface area is 110 Å². The minimum Gasteiger partial charge on any atom is -0.549 e. The van der Waals surface area contributed by atoms with Gasteiger partial charge in [-0.15, -0.1) is 0 Å². The molecule has 0 amide bonds. The van der Waals surface area contributed by atoms with Gasteiger partial charge in [0.15, 0.2) is 0 Å². The molecule has 1 aromatic rings. The molecular formula is C10H11ClNO5S-. The number of hydrogen-bond acceptors (Lipinski definition) is 5. The van der Waals surface area contributed by atoms with Gasteiger partial charge in [-0.25, -0.2) is 8.42 Å². The summed E-state index contributed by atoms with van der Waals surface area (Å²) in [6.07, 6.45) is 0. The van der Waals surface area contributed by atoms with E-state index in [4.69, 9.17) is 16.3 Å². The first-order chi connectivity index (χ1) is 8.28. The zero-order chi connectivity index (χ0) is 13.9. The molecule has 0 aliphatic heterocycles. The van der Waals surface area contributed by atoms with E-state index in [0.717, 1.165) is 7.05 Å². The van der Waals surface area contributed by atoms with Crippen LogP contribution >= 0.6 is 11.6 Å². The fraction of sp³-hybridized carbons (Fsp3) is 0.300. The highest BCUT2D eigenvalue weighted by molar-refractivity contribution is 7.89. The highest BCUT2D eigenvalue weighted by Gasteiger charge is 2.25. The molecule has 0 aromatic heterocycles. The summed E-state index contributed by atoms with van der Waals surface area (Å²) in [4.78, 5) is 10.2. The van der Waals surface area contributed by atoms with E-state index < -0.39 is 22.5 Å². The lowest BCUT2D eigenvalue weighted by Gasteiger charge is -2.19. The number of hydrogen-bond donors (Lipinski definition) is 0. The van der Waals surface area contributed by atoms with Gasteiger partial charge in [0.05, 0.1) is 19.6 Å². The second-order valence-corrected chi connectivity index (χ2v) is 5.88. The summed E-state index contributed by atoms with van der Waals surface area (Å²) in [5, 5.41) is 10.6. The van der Waals surface area contributed by atoms with Crippen LogP contribution in [0.3, 0.4) is 0 Å². The number of sulfonamides is 1. The number of rotatable bonds is 5. The summed E-state index contributed by atoms with van der Waals surface area (Å²) in [5.41, 5.74) is 0. The molecule has 0 heterocycles. The molecule has 0 aliphatic rings. The molecule has 0 saturated carbocycles. The highest BCUT2D eigenvalue weighted by Crippen LogP contribution is 2.28. The van der Waals surface area contributed by atoms with Crippen molar-refractivity contribution in [3.63, 3.8) is 0 Å². The Hall–Kier alpha value is -1.31. The van der Waals surface area contributed by atoms with Gasteiger partial charge >= 0.3 is 0 Å². The molecule has 100 valence electrons. The molecule has 18 heavy (non-hydrogen) atoms. The minimum atomic E-state index is -4.00. The van der Waals surface area contributed by atoms with E-state index in [1.165, 1.54) is 25.3 Å². The van der Waals surface area contributed by atoms with Crippen molar-refractivity contribution >= 4 is 27.6 Å². The Balaban J connectivity index is 3.27. The van der Waals surface area contributed by atoms with Gasteiger partial charge in [0.25, 0.3) is 0 Å². The summed E-state index contributed by atoms with van der Waals surface area (Å²) >= 11 is 5.72. The molecule has 0 bridgehead atoms. The Kier molecular flexibility index (Phi) is 4.55. The number of carboxylic acids is 1. The van der Waals surface area contributed by atoms with E-state index >= 15 is 0 Å². The smallest absolute Gasteiger partial charge is 0.246 e. The number of aliphatic carboxylic acids is 1. The molecule has 0 saturated heterocycles. The van der Waals surface area contributed by atoms with Gasteiger partial charge in [0.1, 0.15) is 10.6 Å². The van der Waals surface area contributed by atoms with Gasteiger partial charge < -0.3 is 14.6 Å². The topological polar surface area (TPSA) is 86.7 Å². The van der Waals surface area contributed by atoms with Gasteiger partial charge in [-0.2, -0.15) is 4.31 Å². The zero-order valence-corrected chi connectivity index (χ0v) is 11.3. The number of carboxylic acid groups (broad SMARTS) is 1. The summed E-state index contributed by atoms with van der Waals surface area (Å²) in [6, 6.07) is 4.06. The van der Waals surface area contributed by atoms with Gasteiger partial charge in [0.2, 0.25) is 10.0 Å². The van der Waals surface area contributed by atoms with Crippen LogP contribution < -0.4 is 9.84 Å². The zero-order valence-electron chi connectivity index (χ0n) is 9.71. The Morgan fingerprint density at radius 1 is 1.50 bits per heavy atom. The number of nitrogens with zero attached hydrogens (tertiary/aromatic N) is 1. The van der Waals surface area contributed by atoms with E-state index in [1.807, 2.05) is 0 Å². The van der Waals surface area contributed by atoms with Gasteiger partial charge in [0, 0.05) is 12.1 Å². The third-order valence-electron chi connectivity index (χ3n) is 2.17. The molecule has 0 aliphatic carbocycles. The number of carbonyl (C=O) groups excluding carboxylic acids is 1. The molecule has 0 unspecified atom stereocenters. The first kappa shape index (κ1) is 14.7. The molecule has 0 atom stereocenters. The molecule has 0 spiro atoms. The number of ether oxygens (including phenoxy) is 1. The standard InChI is InChI=1S/C10H12ClNO5S/c1-12(6-10(13)14)18(15,16)9-5-7(11)3-4-8(9)17-2/h3-5H,6H2,1-2H3,(H,13,14)/p-1. The van der Waals surface area contributed by atoms with Crippen molar-refractivity contribution in [2.45, 2.75) is 4.90 Å². The van der Waals surface area contributed by atoms with Crippen LogP contribution in [0.25, 0.3) is 0 Å². The monoisotopic (exact) mass is 292 g/mol. The molecule has 0 N–H and O–H groups in total. The van der Waals surface area contributed by atoms with Crippen molar-refractivity contribution in [1.29, 1.82) is 0 Å². The average molecular weight is 293 g/mol. The maximum Gasteiger partial charge on any atom is 0.246 e. The van der Waals surface area contributed by atoms with Crippen LogP contribution in [0.2, 0.25) is 5.02 Å². The Bertz CT molecular complexity index is 557. The first-order valence-electron chi connectivity index (χ1n) is 4.78. The van der Waals surface area contributed by atoms with Gasteiger partial charge in [-0.05, 0) is 18.2 Å². The normalized spacial score (nSPS) is 11.6. The minimum absolute atomic E-state index is 0.0876. The van der Waals surface area contributed by atoms with E-state index in [1.54, 1.807) is 0 Å². The van der Waals surface area contributed by atoms with Crippen LogP contribution in [0.4, 0.5) is 0 Å². The molecular weight excluding hydrogens is 282 g/mol. The van der Waals surface area contributed by atoms with E-state index in [-0.39, 0.29) is 15.7 Å². The van der Waals surface area contributed by atoms with Crippen molar-refractivity contribution in [3.05, 3.63) is 23.2 Å². The van der Waals surface area contributed by atoms with Crippen LogP contribution in [-0.2, 0) is 14.8 Å². The van der Waals surface area contributed by atoms with Crippen LogP contribution in [0.1, 0.15) is 0 Å². The number of methoxy groups -OCH3 is 1. The average Bonchev–Trinajstić information content (AvgIpc) is 2.28. The van der Waals surface area contributed by atoms with Crippen molar-refractivity contribution in [3.8, 4) is 5.75 Å². The molecule has 0 radical (unpaired) electrons. The highest BCUT2D eigenvalue weighted by atomic mass is 35.5. The molecule has 0 fully saturated rings. The SMILES string of the molecule is COc1ccc(Cl)cc1S(=O)(=O)N(C)CC(=O)[O-]. The molecule has 6 nitrogen and oxygen atoms in total. The van der Waals surface area contributed by atoms with E-state index in [9.17, 15) is 18.3 Å². The van der Waals surface area contributed by atoms with Crippen molar-refractivity contribution in [2.75, 3.05) is 20.7 Å². The number of likely N-dealkylation sites (N-methyl/N-ethyl adjacent to an activating group) is 1. The maximum atomic E-state index is 12.1. The Morgan fingerprint density at radius 2 is 2.11 bits per heavy atom. The number of halogens is 1. The third kappa shape index (κ3) is 3.12. The van der Waals surface area contributed by atoms with Crippen LogP contribution in [-0.4, -0.2) is 39.4 Å². The van der Waals surface area contributed by atoms with Crippen molar-refractivity contribution in [1.82, 2.24) is 4.31 Å². The Morgan fingerprint density at radius 3 is 2.61 bits per heavy atom. The largest absolute Gasteiger partial charge is 0.549 e. The second-order valence-electron chi connectivity index (χ2n) is 3.43. The van der Waals surface area contributed by atoms with Crippen molar-refractivity contribution in [2.24, 2.45) is 0 Å². The fourth-order valence-electron chi connectivity index (χ4n) is 1.29. The summed E-state index contributed by atoms with van der Waals surface area (Å²) in [5.74, 6) is -1.41. The third-order valence-corrected chi connectivity index (χ3v) is 4.23. The predicted molar refractivity (Wildman–Crippen MR) is 62.8 cm³/mol. The van der Waals surface area contributed by atoms with Crippen LogP contribution in [0, 0.1) is 0 Å². The number of carbonyl (C=O) groups is 1. The predicted octanol–water partition coefficient (Wildman–Crippen LogP) is -0.281. The fourth-order valence-corrected chi connectivity index (χ4v) is 2.82. The van der Waals surface area contributed by atoms with E-state index in [0.29, 0.717) is 4.31 Å². The summed E-state index contributed by atoms with van der Waals surface area (Å²) in [6.45, 7) is -0.752. The summed E-state index contributed by atoms with van der Waals surface area (Å²) in [7, 11) is -1.56. The molecule has 1 aromatic carbocycles. The summed E-state index contributed by atoms with van der Waals surface area (Å²) < 4.78 is 29.8. The molecule has 1 rings (SSSR count). The lowest BCUT2D eigenvalue weighted by molar-refractivity contribution is -0.305. The number of benzene rings is 1. The molecule has 8 heteroatoms. The lowest BCUT2D eigenvalue weighted by Crippen LogP contribution is -2.39. The maximum absolute atomic E-state index is 12.1. The van der Waals surface area contributed by atoms with E-state index in [2.05, 4.69) is 0 Å². The first-order valence-corrected chi connectivity index (χ1v) is 6.60. The van der Waals surface area contributed by atoms with Crippen LogP contribution in [0.5, 0.6) is 5.75 Å². The van der Waals surface area contributed by atoms with Gasteiger partial charge in [-0.1, -0.05) is 11.6 Å². The van der Waals surface area contributed by atoms with Crippen molar-refractivity contribution < 1.29 is 23.1 Å².